The highest BCUT2D eigenvalue weighted by Crippen LogP contribution is 2.35. The van der Waals surface area contributed by atoms with E-state index in [1.165, 1.54) is 36.3 Å². The topological polar surface area (TPSA) is 96.0 Å². The predicted molar refractivity (Wildman–Crippen MR) is 154 cm³/mol. The third-order valence-corrected chi connectivity index (χ3v) is 8.41. The molecule has 0 aromatic heterocycles. The van der Waals surface area contributed by atoms with Crippen molar-refractivity contribution in [1.82, 2.24) is 10.2 Å². The lowest BCUT2D eigenvalue weighted by molar-refractivity contribution is -0.139. The van der Waals surface area contributed by atoms with Gasteiger partial charge in [0.15, 0.2) is 0 Å². The summed E-state index contributed by atoms with van der Waals surface area (Å²) in [5, 5.41) is 3.47. The van der Waals surface area contributed by atoms with Crippen LogP contribution in [-0.2, 0) is 26.2 Å². The van der Waals surface area contributed by atoms with Crippen molar-refractivity contribution in [2.75, 3.05) is 24.5 Å². The molecule has 0 aliphatic carbocycles. The highest BCUT2D eigenvalue weighted by molar-refractivity contribution is 7.92. The average Bonchev–Trinajstić information content (AvgIpc) is 2.94. The molecule has 0 fully saturated rings. The summed E-state index contributed by atoms with van der Waals surface area (Å²) in [6, 6.07) is 18.3. The minimum Gasteiger partial charge on any atom is -0.495 e. The van der Waals surface area contributed by atoms with Gasteiger partial charge in [-0.15, -0.1) is 0 Å². The van der Waals surface area contributed by atoms with E-state index in [0.717, 1.165) is 4.31 Å². The van der Waals surface area contributed by atoms with E-state index in [4.69, 9.17) is 27.9 Å². The summed E-state index contributed by atoms with van der Waals surface area (Å²) in [6.45, 7) is 3.32. The number of hydrogen-bond acceptors (Lipinski definition) is 5. The number of sulfonamides is 1. The molecule has 0 spiro atoms. The number of carbonyl (C=O) groups excluding carboxylic acids is 2. The number of amides is 2. The van der Waals surface area contributed by atoms with E-state index < -0.39 is 28.5 Å². The quantitative estimate of drug-likeness (QED) is 0.314. The molecule has 0 heterocycles. The van der Waals surface area contributed by atoms with Gasteiger partial charge in [-0.1, -0.05) is 66.5 Å². The molecule has 0 unspecified atom stereocenters. The van der Waals surface area contributed by atoms with Crippen LogP contribution in [0.5, 0.6) is 5.75 Å². The van der Waals surface area contributed by atoms with Gasteiger partial charge in [0, 0.05) is 23.1 Å². The Morgan fingerprint density at radius 1 is 1.00 bits per heavy atom. The molecule has 8 nitrogen and oxygen atoms in total. The number of nitrogens with zero attached hydrogens (tertiary/aromatic N) is 2. The summed E-state index contributed by atoms with van der Waals surface area (Å²) in [7, 11) is -2.86. The summed E-state index contributed by atoms with van der Waals surface area (Å²) in [5.41, 5.74) is 0.698. The van der Waals surface area contributed by atoms with Gasteiger partial charge in [-0.3, -0.25) is 13.9 Å². The third kappa shape index (κ3) is 7.44. The number of nitrogens with one attached hydrogen (secondary N) is 1. The van der Waals surface area contributed by atoms with Crippen LogP contribution < -0.4 is 14.4 Å². The highest BCUT2D eigenvalue weighted by atomic mass is 35.5. The maximum absolute atomic E-state index is 13.9. The first-order valence-electron chi connectivity index (χ1n) is 12.3. The maximum Gasteiger partial charge on any atom is 0.264 e. The lowest BCUT2D eigenvalue weighted by Crippen LogP contribution is -2.51. The molecule has 39 heavy (non-hydrogen) atoms. The molecule has 0 aliphatic heterocycles. The number of ether oxygens (including phenoxy) is 1. The summed E-state index contributed by atoms with van der Waals surface area (Å²) in [6.07, 6.45) is 0.717. The highest BCUT2D eigenvalue weighted by Gasteiger charge is 2.34. The van der Waals surface area contributed by atoms with Gasteiger partial charge in [0.25, 0.3) is 10.0 Å². The first-order chi connectivity index (χ1) is 18.6. The molecule has 3 aromatic rings. The Hall–Kier alpha value is -3.27. The van der Waals surface area contributed by atoms with Crippen LogP contribution in [0.15, 0.2) is 77.7 Å². The number of methoxy groups -OCH3 is 1. The summed E-state index contributed by atoms with van der Waals surface area (Å²) in [5.74, 6) is -0.774. The van der Waals surface area contributed by atoms with Crippen LogP contribution >= 0.6 is 23.2 Å². The van der Waals surface area contributed by atoms with Crippen molar-refractivity contribution in [3.8, 4) is 5.75 Å². The van der Waals surface area contributed by atoms with Crippen molar-refractivity contribution >= 4 is 50.7 Å². The van der Waals surface area contributed by atoms with E-state index >= 15 is 0 Å². The van der Waals surface area contributed by atoms with Crippen LogP contribution in [0.25, 0.3) is 0 Å². The molecule has 0 saturated carbocycles. The van der Waals surface area contributed by atoms with Gasteiger partial charge in [0.1, 0.15) is 18.3 Å². The van der Waals surface area contributed by atoms with Crippen molar-refractivity contribution in [2.24, 2.45) is 0 Å². The SMILES string of the molecule is CCCNC(=O)[C@H](C)N(Cc1ccccc1Cl)C(=O)CN(c1cc(Cl)ccc1OC)S(=O)(=O)c1ccccc1. The lowest BCUT2D eigenvalue weighted by Gasteiger charge is -2.32. The van der Waals surface area contributed by atoms with Crippen LogP contribution in [0.3, 0.4) is 0 Å². The fraction of sp³-hybridized carbons (Fsp3) is 0.286. The van der Waals surface area contributed by atoms with Crippen LogP contribution in [0, 0.1) is 0 Å². The van der Waals surface area contributed by atoms with Crippen molar-refractivity contribution in [3.63, 3.8) is 0 Å². The van der Waals surface area contributed by atoms with Crippen molar-refractivity contribution < 1.29 is 22.7 Å². The molecule has 0 radical (unpaired) electrons. The molecule has 0 bridgehead atoms. The van der Waals surface area contributed by atoms with E-state index in [2.05, 4.69) is 5.32 Å². The molecule has 1 N–H and O–H groups in total. The Balaban J connectivity index is 2.09. The molecule has 3 aromatic carbocycles. The summed E-state index contributed by atoms with van der Waals surface area (Å²) in [4.78, 5) is 28.2. The minimum atomic E-state index is -4.25. The van der Waals surface area contributed by atoms with E-state index in [9.17, 15) is 18.0 Å². The van der Waals surface area contributed by atoms with Gasteiger partial charge >= 0.3 is 0 Å². The molecule has 2 amide bonds. The van der Waals surface area contributed by atoms with Crippen LogP contribution in [0.2, 0.25) is 10.0 Å². The van der Waals surface area contributed by atoms with Crippen molar-refractivity contribution in [3.05, 3.63) is 88.4 Å². The number of halogens is 2. The number of anilines is 1. The molecular weight excluding hydrogens is 561 g/mol. The fourth-order valence-corrected chi connectivity index (χ4v) is 5.68. The summed E-state index contributed by atoms with van der Waals surface area (Å²) < 4.78 is 34.1. The van der Waals surface area contributed by atoms with Gasteiger partial charge in [-0.05, 0) is 55.3 Å². The van der Waals surface area contributed by atoms with Gasteiger partial charge in [-0.25, -0.2) is 8.42 Å². The number of benzene rings is 3. The second-order valence-corrected chi connectivity index (χ2v) is 11.4. The molecule has 0 aliphatic rings. The first-order valence-corrected chi connectivity index (χ1v) is 14.5. The second-order valence-electron chi connectivity index (χ2n) is 8.72. The normalized spacial score (nSPS) is 11.9. The van der Waals surface area contributed by atoms with Gasteiger partial charge in [-0.2, -0.15) is 0 Å². The molecular formula is C28H31Cl2N3O5S. The Kier molecular flexibility index (Phi) is 10.6. The van der Waals surface area contributed by atoms with Crippen LogP contribution in [0.4, 0.5) is 5.69 Å². The average molecular weight is 593 g/mol. The Labute approximate surface area is 239 Å². The van der Waals surface area contributed by atoms with E-state index in [1.54, 1.807) is 55.5 Å². The number of carbonyl (C=O) groups is 2. The van der Waals surface area contributed by atoms with Crippen molar-refractivity contribution in [2.45, 2.75) is 37.8 Å². The van der Waals surface area contributed by atoms with E-state index in [0.29, 0.717) is 23.6 Å². The number of hydrogen-bond donors (Lipinski definition) is 1. The van der Waals surface area contributed by atoms with E-state index in [-0.39, 0.29) is 33.8 Å². The Morgan fingerprint density at radius 2 is 1.67 bits per heavy atom. The monoisotopic (exact) mass is 591 g/mol. The van der Waals surface area contributed by atoms with Crippen molar-refractivity contribution in [1.29, 1.82) is 0 Å². The lowest BCUT2D eigenvalue weighted by atomic mass is 10.1. The smallest absolute Gasteiger partial charge is 0.264 e. The first kappa shape index (κ1) is 30.3. The zero-order valence-electron chi connectivity index (χ0n) is 21.9. The predicted octanol–water partition coefficient (Wildman–Crippen LogP) is 5.14. The fourth-order valence-electron chi connectivity index (χ4n) is 3.88. The maximum atomic E-state index is 13.9. The van der Waals surface area contributed by atoms with Gasteiger partial charge < -0.3 is 15.0 Å². The molecule has 0 saturated heterocycles. The Morgan fingerprint density at radius 3 is 2.31 bits per heavy atom. The Bertz CT molecular complexity index is 1400. The molecule has 208 valence electrons. The third-order valence-electron chi connectivity index (χ3n) is 6.03. The molecule has 3 rings (SSSR count). The second kappa shape index (κ2) is 13.7. The van der Waals surface area contributed by atoms with Gasteiger partial charge in [0.2, 0.25) is 11.8 Å². The largest absolute Gasteiger partial charge is 0.495 e. The van der Waals surface area contributed by atoms with Crippen LogP contribution in [0.1, 0.15) is 25.8 Å². The summed E-state index contributed by atoms with van der Waals surface area (Å²) >= 11 is 12.6. The standard InChI is InChI=1S/C28H31Cl2N3O5S/c1-4-16-31-28(35)20(2)32(18-21-10-8-9-13-24(21)30)27(34)19-33(25-17-22(29)14-15-26(25)38-3)39(36,37)23-11-6-5-7-12-23/h5-15,17,20H,4,16,18-19H2,1-3H3,(H,31,35)/t20-/m0/s1. The zero-order chi connectivity index (χ0) is 28.6. The molecule has 1 atom stereocenters. The van der Waals surface area contributed by atoms with Crippen LogP contribution in [-0.4, -0.2) is 51.4 Å². The number of rotatable bonds is 12. The van der Waals surface area contributed by atoms with E-state index in [1.807, 2.05) is 6.92 Å². The minimum absolute atomic E-state index is 0.00881. The zero-order valence-corrected chi connectivity index (χ0v) is 24.3. The molecule has 11 heteroatoms. The van der Waals surface area contributed by atoms with Gasteiger partial charge in [0.05, 0.1) is 17.7 Å².